The molecule has 0 unspecified atom stereocenters. The van der Waals surface area contributed by atoms with Gasteiger partial charge in [0.1, 0.15) is 17.3 Å². The molecule has 0 aliphatic carbocycles. The van der Waals surface area contributed by atoms with E-state index in [2.05, 4.69) is 20.3 Å². The number of H-pyrrole nitrogens is 1. The summed E-state index contributed by atoms with van der Waals surface area (Å²) in [4.78, 5) is 24.2. The molecule has 7 nitrogen and oxygen atoms in total. The molecule has 0 saturated heterocycles. The average Bonchev–Trinajstić information content (AvgIpc) is 3.30. The van der Waals surface area contributed by atoms with Crippen molar-refractivity contribution in [3.05, 3.63) is 95.6 Å². The number of hydrogen-bond acceptors (Lipinski definition) is 6. The monoisotopic (exact) mass is 396 g/mol. The highest BCUT2D eigenvalue weighted by atomic mass is 16.5. The molecule has 146 valence electrons. The van der Waals surface area contributed by atoms with Crippen LogP contribution < -0.4 is 15.6 Å². The topological polar surface area (TPSA) is 93.0 Å². The van der Waals surface area contributed by atoms with E-state index in [9.17, 15) is 4.79 Å². The van der Waals surface area contributed by atoms with Crippen LogP contribution in [0.25, 0.3) is 22.4 Å². The zero-order valence-corrected chi connectivity index (χ0v) is 15.7. The first-order valence-corrected chi connectivity index (χ1v) is 9.29. The molecule has 0 radical (unpaired) electrons. The second kappa shape index (κ2) is 7.56. The Balaban J connectivity index is 1.41. The highest BCUT2D eigenvalue weighted by Gasteiger charge is 2.13. The van der Waals surface area contributed by atoms with Gasteiger partial charge in [-0.25, -0.2) is 4.98 Å². The molecule has 0 aliphatic heterocycles. The third-order valence-corrected chi connectivity index (χ3v) is 4.49. The maximum atomic E-state index is 12.7. The lowest BCUT2D eigenvalue weighted by atomic mass is 10.1. The lowest BCUT2D eigenvalue weighted by molar-refractivity contribution is 0.483. The second-order valence-corrected chi connectivity index (χ2v) is 6.51. The average molecular weight is 396 g/mol. The molecule has 7 heteroatoms. The number of furan rings is 1. The smallest absolute Gasteiger partial charge is 0.262 e. The number of benzene rings is 2. The molecule has 2 N–H and O–H groups in total. The van der Waals surface area contributed by atoms with Crippen LogP contribution in [0, 0.1) is 0 Å². The van der Waals surface area contributed by atoms with Crippen molar-refractivity contribution in [2.45, 2.75) is 0 Å². The van der Waals surface area contributed by atoms with Gasteiger partial charge in [0.15, 0.2) is 5.65 Å². The van der Waals surface area contributed by atoms with Gasteiger partial charge >= 0.3 is 0 Å². The number of hydrogen-bond donors (Lipinski definition) is 2. The normalized spacial score (nSPS) is 10.8. The van der Waals surface area contributed by atoms with Crippen LogP contribution in [0.2, 0.25) is 0 Å². The van der Waals surface area contributed by atoms with Crippen LogP contribution in [0.1, 0.15) is 0 Å². The van der Waals surface area contributed by atoms with Crippen LogP contribution in [-0.2, 0) is 0 Å². The number of pyridine rings is 1. The van der Waals surface area contributed by atoms with Gasteiger partial charge in [0.05, 0.1) is 11.6 Å². The van der Waals surface area contributed by atoms with Crippen molar-refractivity contribution in [2.24, 2.45) is 0 Å². The summed E-state index contributed by atoms with van der Waals surface area (Å²) in [6, 6.07) is 22.2. The standard InChI is InChI=1S/C23H16N4O3/c28-22-20-18(19-7-4-14-29-19)12-13-24-21(20)26-23(27-22)25-15-8-10-17(11-9-15)30-16-5-2-1-3-6-16/h1-14H,(H2,24,25,26,27,28). The van der Waals surface area contributed by atoms with Crippen LogP contribution >= 0.6 is 0 Å². The summed E-state index contributed by atoms with van der Waals surface area (Å²) in [5.74, 6) is 2.35. The Bertz CT molecular complexity index is 1350. The number of anilines is 2. The Hall–Kier alpha value is -4.39. The second-order valence-electron chi connectivity index (χ2n) is 6.51. The molecule has 0 spiro atoms. The number of nitrogens with one attached hydrogen (secondary N) is 2. The van der Waals surface area contributed by atoms with Crippen LogP contribution in [0.5, 0.6) is 11.5 Å². The Morgan fingerprint density at radius 1 is 0.900 bits per heavy atom. The molecular weight excluding hydrogens is 380 g/mol. The van der Waals surface area contributed by atoms with E-state index in [1.165, 1.54) is 0 Å². The summed E-state index contributed by atoms with van der Waals surface area (Å²) in [5, 5.41) is 3.48. The first kappa shape index (κ1) is 17.7. The molecule has 0 fully saturated rings. The Kier molecular flexibility index (Phi) is 4.46. The van der Waals surface area contributed by atoms with Crippen LogP contribution in [0.4, 0.5) is 11.6 Å². The first-order valence-electron chi connectivity index (χ1n) is 9.29. The Morgan fingerprint density at radius 2 is 1.70 bits per heavy atom. The molecule has 0 amide bonds. The number of aromatic nitrogens is 3. The van der Waals surface area contributed by atoms with Gasteiger partial charge in [-0.1, -0.05) is 18.2 Å². The maximum absolute atomic E-state index is 12.7. The lowest BCUT2D eigenvalue weighted by Crippen LogP contribution is -2.13. The van der Waals surface area contributed by atoms with Crippen molar-refractivity contribution >= 4 is 22.7 Å². The number of ether oxygens (including phenoxy) is 1. The molecule has 2 aromatic carbocycles. The fourth-order valence-corrected chi connectivity index (χ4v) is 3.13. The van der Waals surface area contributed by atoms with Crippen molar-refractivity contribution in [1.82, 2.24) is 15.0 Å². The lowest BCUT2D eigenvalue weighted by Gasteiger charge is -2.09. The van der Waals surface area contributed by atoms with Gasteiger partial charge in [0.2, 0.25) is 5.95 Å². The summed E-state index contributed by atoms with van der Waals surface area (Å²) >= 11 is 0. The van der Waals surface area contributed by atoms with E-state index in [-0.39, 0.29) is 5.56 Å². The van der Waals surface area contributed by atoms with Crippen molar-refractivity contribution in [3.8, 4) is 22.8 Å². The van der Waals surface area contributed by atoms with Gasteiger partial charge in [0.25, 0.3) is 5.56 Å². The Labute approximate surface area is 171 Å². The molecule has 5 rings (SSSR count). The van der Waals surface area contributed by atoms with Gasteiger partial charge in [-0.2, -0.15) is 4.98 Å². The number of aromatic amines is 1. The first-order chi connectivity index (χ1) is 14.8. The van der Waals surface area contributed by atoms with Crippen LogP contribution in [-0.4, -0.2) is 15.0 Å². The molecule has 3 heterocycles. The number of nitrogens with zero attached hydrogens (tertiary/aromatic N) is 2. The number of fused-ring (bicyclic) bond motifs is 1. The van der Waals surface area contributed by atoms with E-state index in [4.69, 9.17) is 9.15 Å². The molecular formula is C23H16N4O3. The Morgan fingerprint density at radius 3 is 2.47 bits per heavy atom. The predicted octanol–water partition coefficient (Wildman–Crippen LogP) is 5.11. The molecule has 30 heavy (non-hydrogen) atoms. The number of rotatable bonds is 5. The van der Waals surface area contributed by atoms with E-state index in [1.807, 2.05) is 54.6 Å². The van der Waals surface area contributed by atoms with Crippen LogP contribution in [0.15, 0.2) is 94.5 Å². The zero-order chi connectivity index (χ0) is 20.3. The zero-order valence-electron chi connectivity index (χ0n) is 15.7. The molecule has 0 atom stereocenters. The maximum Gasteiger partial charge on any atom is 0.262 e. The van der Waals surface area contributed by atoms with E-state index >= 15 is 0 Å². The molecule has 0 aliphatic rings. The minimum absolute atomic E-state index is 0.299. The van der Waals surface area contributed by atoms with Gasteiger partial charge in [0, 0.05) is 17.4 Å². The summed E-state index contributed by atoms with van der Waals surface area (Å²) in [5.41, 5.74) is 1.43. The highest BCUT2D eigenvalue weighted by Crippen LogP contribution is 2.26. The molecule has 3 aromatic heterocycles. The van der Waals surface area contributed by atoms with E-state index < -0.39 is 0 Å². The fourth-order valence-electron chi connectivity index (χ4n) is 3.13. The van der Waals surface area contributed by atoms with Gasteiger partial charge < -0.3 is 14.5 Å². The van der Waals surface area contributed by atoms with E-state index in [1.54, 1.807) is 30.7 Å². The largest absolute Gasteiger partial charge is 0.464 e. The SMILES string of the molecule is O=c1[nH]c(Nc2ccc(Oc3ccccc3)cc2)nc2nccc(-c3ccco3)c12. The molecule has 0 saturated carbocycles. The highest BCUT2D eigenvalue weighted by molar-refractivity contribution is 5.90. The quantitative estimate of drug-likeness (QED) is 0.429. The van der Waals surface area contributed by atoms with E-state index in [0.29, 0.717) is 34.1 Å². The van der Waals surface area contributed by atoms with Gasteiger partial charge in [-0.05, 0) is 54.6 Å². The number of para-hydroxylation sites is 1. The molecule has 5 aromatic rings. The summed E-state index contributed by atoms with van der Waals surface area (Å²) < 4.78 is 11.2. The van der Waals surface area contributed by atoms with Crippen molar-refractivity contribution in [2.75, 3.05) is 5.32 Å². The summed E-state index contributed by atoms with van der Waals surface area (Å²) in [7, 11) is 0. The molecule has 0 bridgehead atoms. The van der Waals surface area contributed by atoms with Gasteiger partial charge in [-0.3, -0.25) is 9.78 Å². The summed E-state index contributed by atoms with van der Waals surface area (Å²) in [6.07, 6.45) is 3.16. The minimum atomic E-state index is -0.300. The van der Waals surface area contributed by atoms with Gasteiger partial charge in [-0.15, -0.1) is 0 Å². The van der Waals surface area contributed by atoms with Crippen molar-refractivity contribution in [3.63, 3.8) is 0 Å². The van der Waals surface area contributed by atoms with Crippen molar-refractivity contribution in [1.29, 1.82) is 0 Å². The van der Waals surface area contributed by atoms with E-state index in [0.717, 1.165) is 11.4 Å². The van der Waals surface area contributed by atoms with Crippen LogP contribution in [0.3, 0.4) is 0 Å². The third kappa shape index (κ3) is 3.51. The summed E-state index contributed by atoms with van der Waals surface area (Å²) in [6.45, 7) is 0. The fraction of sp³-hybridized carbons (Fsp3) is 0. The minimum Gasteiger partial charge on any atom is -0.464 e. The third-order valence-electron chi connectivity index (χ3n) is 4.49. The van der Waals surface area contributed by atoms with Crippen molar-refractivity contribution < 1.29 is 9.15 Å². The predicted molar refractivity (Wildman–Crippen MR) is 114 cm³/mol.